The average molecular weight is 200 g/mol. The van der Waals surface area contributed by atoms with Crippen molar-refractivity contribution in [2.45, 2.75) is 6.10 Å². The number of benzene rings is 1. The first-order chi connectivity index (χ1) is 6.56. The van der Waals surface area contributed by atoms with E-state index in [1.807, 2.05) is 0 Å². The van der Waals surface area contributed by atoms with Gasteiger partial charge in [-0.3, -0.25) is 10.1 Å². The Morgan fingerprint density at radius 2 is 2.29 bits per heavy atom. The summed E-state index contributed by atoms with van der Waals surface area (Å²) >= 11 is 0. The molecule has 0 saturated heterocycles. The van der Waals surface area contributed by atoms with E-state index in [2.05, 4.69) is 0 Å². The first-order valence-corrected chi connectivity index (χ1v) is 3.88. The molecule has 1 atom stereocenters. The van der Waals surface area contributed by atoms with Gasteiger partial charge in [-0.2, -0.15) is 0 Å². The lowest BCUT2D eigenvalue weighted by molar-refractivity contribution is -0.385. The van der Waals surface area contributed by atoms with Crippen LogP contribution in [-0.2, 0) is 0 Å². The zero-order valence-corrected chi connectivity index (χ0v) is 7.18. The molecule has 0 saturated carbocycles. The summed E-state index contributed by atoms with van der Waals surface area (Å²) in [6.07, 6.45) is -1.13. The lowest BCUT2D eigenvalue weighted by Gasteiger charge is -2.08. The normalized spacial score (nSPS) is 12.5. The Hall–Kier alpha value is -1.53. The molecule has 3 N–H and O–H groups in total. The van der Waals surface area contributed by atoms with Gasteiger partial charge in [0.1, 0.15) is 5.82 Å². The molecular weight excluding hydrogens is 191 g/mol. The Morgan fingerprint density at radius 3 is 2.71 bits per heavy atom. The second-order valence-electron chi connectivity index (χ2n) is 2.71. The molecule has 0 aliphatic carbocycles. The molecule has 1 aromatic rings. The fourth-order valence-electron chi connectivity index (χ4n) is 1.03. The molecule has 0 radical (unpaired) electrons. The minimum Gasteiger partial charge on any atom is -0.387 e. The van der Waals surface area contributed by atoms with E-state index in [9.17, 15) is 19.6 Å². The van der Waals surface area contributed by atoms with Crippen molar-refractivity contribution < 1.29 is 14.4 Å². The Bertz CT molecular complexity index is 356. The first-order valence-electron chi connectivity index (χ1n) is 3.88. The molecule has 0 amide bonds. The molecule has 0 unspecified atom stereocenters. The van der Waals surface area contributed by atoms with E-state index < -0.39 is 16.8 Å². The molecular formula is C8H9FN2O3. The molecule has 1 aromatic carbocycles. The fraction of sp³-hybridized carbons (Fsp3) is 0.250. The van der Waals surface area contributed by atoms with Crippen LogP contribution in [0, 0.1) is 15.9 Å². The number of nitrogens with zero attached hydrogens (tertiary/aromatic N) is 1. The van der Waals surface area contributed by atoms with Crippen LogP contribution in [0.2, 0.25) is 0 Å². The third-order valence-corrected chi connectivity index (χ3v) is 1.78. The summed E-state index contributed by atoms with van der Waals surface area (Å²) in [6.45, 7) is -0.130. The maximum absolute atomic E-state index is 13.1. The highest BCUT2D eigenvalue weighted by Gasteiger charge is 2.15. The minimum atomic E-state index is -1.13. The van der Waals surface area contributed by atoms with E-state index >= 15 is 0 Å². The Balaban J connectivity index is 3.07. The van der Waals surface area contributed by atoms with Crippen LogP contribution in [0.1, 0.15) is 11.7 Å². The monoisotopic (exact) mass is 200 g/mol. The number of hydrogen-bond acceptors (Lipinski definition) is 4. The summed E-state index contributed by atoms with van der Waals surface area (Å²) in [5.41, 5.74) is 4.74. The standard InChI is InChI=1S/C8H9FN2O3/c9-7-3-5(11(13)14)1-2-6(7)8(12)4-10/h1-3,8,12H,4,10H2/t8-/m0/s1. The van der Waals surface area contributed by atoms with Crippen molar-refractivity contribution in [2.24, 2.45) is 5.73 Å². The summed E-state index contributed by atoms with van der Waals surface area (Å²) < 4.78 is 13.1. The van der Waals surface area contributed by atoms with Crippen molar-refractivity contribution >= 4 is 5.69 Å². The molecule has 14 heavy (non-hydrogen) atoms. The van der Waals surface area contributed by atoms with Crippen LogP contribution in [0.25, 0.3) is 0 Å². The summed E-state index contributed by atoms with van der Waals surface area (Å²) in [4.78, 5) is 9.55. The quantitative estimate of drug-likeness (QED) is 0.555. The van der Waals surface area contributed by atoms with Crippen molar-refractivity contribution in [3.05, 3.63) is 39.7 Å². The highest BCUT2D eigenvalue weighted by Crippen LogP contribution is 2.21. The number of rotatable bonds is 3. The Kier molecular flexibility index (Phi) is 3.10. The number of aliphatic hydroxyl groups is 1. The topological polar surface area (TPSA) is 89.4 Å². The predicted octanol–water partition coefficient (Wildman–Crippen LogP) is 0.726. The van der Waals surface area contributed by atoms with Gasteiger partial charge in [-0.25, -0.2) is 4.39 Å². The number of hydrogen-bond donors (Lipinski definition) is 2. The van der Waals surface area contributed by atoms with E-state index in [1.165, 1.54) is 0 Å². The van der Waals surface area contributed by atoms with Crippen LogP contribution in [-0.4, -0.2) is 16.6 Å². The molecule has 5 nitrogen and oxygen atoms in total. The maximum Gasteiger partial charge on any atom is 0.272 e. The van der Waals surface area contributed by atoms with Gasteiger partial charge < -0.3 is 10.8 Å². The first kappa shape index (κ1) is 10.6. The third-order valence-electron chi connectivity index (χ3n) is 1.78. The highest BCUT2D eigenvalue weighted by atomic mass is 19.1. The number of non-ortho nitro benzene ring substituents is 1. The minimum absolute atomic E-state index is 0.0295. The van der Waals surface area contributed by atoms with Crippen molar-refractivity contribution in [1.29, 1.82) is 0 Å². The molecule has 0 aliphatic heterocycles. The van der Waals surface area contributed by atoms with Crippen LogP contribution in [0.15, 0.2) is 18.2 Å². The second kappa shape index (κ2) is 4.12. The number of nitro groups is 1. The van der Waals surface area contributed by atoms with Crippen molar-refractivity contribution in [2.75, 3.05) is 6.54 Å². The smallest absolute Gasteiger partial charge is 0.272 e. The van der Waals surface area contributed by atoms with Gasteiger partial charge in [-0.05, 0) is 6.07 Å². The average Bonchev–Trinajstić information content (AvgIpc) is 2.16. The third kappa shape index (κ3) is 2.04. The predicted molar refractivity (Wildman–Crippen MR) is 47.1 cm³/mol. The molecule has 76 valence electrons. The van der Waals surface area contributed by atoms with E-state index in [0.717, 1.165) is 18.2 Å². The van der Waals surface area contributed by atoms with Crippen LogP contribution < -0.4 is 5.73 Å². The van der Waals surface area contributed by atoms with Crippen molar-refractivity contribution in [3.63, 3.8) is 0 Å². The zero-order valence-electron chi connectivity index (χ0n) is 7.18. The summed E-state index contributed by atoms with van der Waals surface area (Å²) in [6, 6.07) is 3.04. The largest absolute Gasteiger partial charge is 0.387 e. The van der Waals surface area contributed by atoms with Crippen LogP contribution >= 0.6 is 0 Å². The van der Waals surface area contributed by atoms with Crippen LogP contribution in [0.3, 0.4) is 0 Å². The molecule has 0 aromatic heterocycles. The number of nitro benzene ring substituents is 1. The molecule has 6 heteroatoms. The van der Waals surface area contributed by atoms with Crippen molar-refractivity contribution in [1.82, 2.24) is 0 Å². The van der Waals surface area contributed by atoms with E-state index in [1.54, 1.807) is 0 Å². The van der Waals surface area contributed by atoms with Gasteiger partial charge in [0.25, 0.3) is 5.69 Å². The molecule has 0 fully saturated rings. The van der Waals surface area contributed by atoms with Gasteiger partial charge >= 0.3 is 0 Å². The van der Waals surface area contributed by atoms with Crippen LogP contribution in [0.5, 0.6) is 0 Å². The van der Waals surface area contributed by atoms with Crippen molar-refractivity contribution in [3.8, 4) is 0 Å². The SMILES string of the molecule is NC[C@H](O)c1ccc([N+](=O)[O-])cc1F. The Labute approximate surface area is 79.1 Å². The zero-order chi connectivity index (χ0) is 10.7. The number of halogens is 1. The van der Waals surface area contributed by atoms with E-state index in [4.69, 9.17) is 5.73 Å². The summed E-state index contributed by atoms with van der Waals surface area (Å²) in [7, 11) is 0. The van der Waals surface area contributed by atoms with Gasteiger partial charge in [-0.1, -0.05) is 0 Å². The summed E-state index contributed by atoms with van der Waals surface area (Å²) in [5, 5.41) is 19.5. The maximum atomic E-state index is 13.1. The molecule has 1 rings (SSSR count). The molecule has 0 heterocycles. The van der Waals surface area contributed by atoms with Gasteiger partial charge in [0, 0.05) is 18.2 Å². The molecule has 0 bridgehead atoms. The van der Waals surface area contributed by atoms with Gasteiger partial charge in [-0.15, -0.1) is 0 Å². The molecule has 0 aliphatic rings. The van der Waals surface area contributed by atoms with Gasteiger partial charge in [0.2, 0.25) is 0 Å². The number of aliphatic hydroxyl groups excluding tert-OH is 1. The van der Waals surface area contributed by atoms with E-state index in [-0.39, 0.29) is 17.8 Å². The van der Waals surface area contributed by atoms with Gasteiger partial charge in [0.05, 0.1) is 17.1 Å². The second-order valence-corrected chi connectivity index (χ2v) is 2.71. The summed E-state index contributed by atoms with van der Waals surface area (Å²) in [5.74, 6) is -0.822. The van der Waals surface area contributed by atoms with E-state index in [0.29, 0.717) is 0 Å². The highest BCUT2D eigenvalue weighted by molar-refractivity contribution is 5.35. The van der Waals surface area contributed by atoms with Crippen LogP contribution in [0.4, 0.5) is 10.1 Å². The van der Waals surface area contributed by atoms with Gasteiger partial charge in [0.15, 0.2) is 0 Å². The Morgan fingerprint density at radius 1 is 1.64 bits per heavy atom. The molecule has 0 spiro atoms. The lowest BCUT2D eigenvalue weighted by Crippen LogP contribution is -2.13. The fourth-order valence-corrected chi connectivity index (χ4v) is 1.03. The lowest BCUT2D eigenvalue weighted by atomic mass is 10.1. The number of nitrogens with two attached hydrogens (primary N) is 1.